The molecule has 1 aliphatic carbocycles. The first-order valence-corrected chi connectivity index (χ1v) is 6.22. The van der Waals surface area contributed by atoms with Crippen LogP contribution in [0, 0.1) is 12.3 Å². The second kappa shape index (κ2) is 4.37. The van der Waals surface area contributed by atoms with Gasteiger partial charge in [0.15, 0.2) is 5.84 Å². The maximum absolute atomic E-state index is 11.9. The molecule has 1 heterocycles. The number of nitrogens with one attached hydrogen (secondary N) is 1. The Labute approximate surface area is 103 Å². The Morgan fingerprint density at radius 2 is 2.35 bits per heavy atom. The minimum absolute atomic E-state index is 0.0114. The van der Waals surface area contributed by atoms with Gasteiger partial charge < -0.3 is 16.3 Å². The van der Waals surface area contributed by atoms with Crippen LogP contribution in [0.25, 0.3) is 0 Å². The highest BCUT2D eigenvalue weighted by Crippen LogP contribution is 2.46. The molecule has 0 aliphatic heterocycles. The van der Waals surface area contributed by atoms with Gasteiger partial charge in [0.1, 0.15) is 5.41 Å². The maximum Gasteiger partial charge on any atom is 0.234 e. The summed E-state index contributed by atoms with van der Waals surface area (Å²) in [6.07, 6.45) is 1.30. The Kier molecular flexibility index (Phi) is 3.06. The van der Waals surface area contributed by atoms with Crippen molar-refractivity contribution in [1.82, 2.24) is 5.32 Å². The van der Waals surface area contributed by atoms with Gasteiger partial charge in [-0.25, -0.2) is 0 Å². The fourth-order valence-corrected chi connectivity index (χ4v) is 2.57. The average Bonchev–Trinajstić information content (AvgIpc) is 3.04. The number of rotatable bonds is 4. The molecule has 1 aromatic heterocycles. The van der Waals surface area contributed by atoms with E-state index in [1.165, 1.54) is 4.88 Å². The molecule has 0 bridgehead atoms. The lowest BCUT2D eigenvalue weighted by molar-refractivity contribution is -0.124. The van der Waals surface area contributed by atoms with Crippen molar-refractivity contribution in [2.45, 2.75) is 26.3 Å². The maximum atomic E-state index is 11.9. The van der Waals surface area contributed by atoms with Crippen LogP contribution in [-0.4, -0.2) is 17.0 Å². The van der Waals surface area contributed by atoms with Crippen molar-refractivity contribution in [2.75, 3.05) is 0 Å². The number of hydrogen-bond donors (Lipinski definition) is 3. The van der Waals surface area contributed by atoms with Crippen LogP contribution >= 0.6 is 11.3 Å². The third kappa shape index (κ3) is 2.26. The van der Waals surface area contributed by atoms with Crippen molar-refractivity contribution in [3.8, 4) is 0 Å². The first-order chi connectivity index (χ1) is 8.08. The zero-order chi connectivity index (χ0) is 12.5. The number of thiophene rings is 1. The van der Waals surface area contributed by atoms with E-state index in [2.05, 4.69) is 10.5 Å². The first-order valence-electron chi connectivity index (χ1n) is 5.40. The number of amides is 1. The van der Waals surface area contributed by atoms with Crippen molar-refractivity contribution >= 4 is 23.1 Å². The van der Waals surface area contributed by atoms with E-state index in [-0.39, 0.29) is 11.7 Å². The van der Waals surface area contributed by atoms with Crippen LogP contribution < -0.4 is 11.1 Å². The van der Waals surface area contributed by atoms with E-state index in [1.807, 2.05) is 19.1 Å². The van der Waals surface area contributed by atoms with Gasteiger partial charge in [-0.1, -0.05) is 5.16 Å². The number of carbonyl (C=O) groups is 1. The lowest BCUT2D eigenvalue weighted by Gasteiger charge is -2.12. The minimum Gasteiger partial charge on any atom is -0.409 e. The van der Waals surface area contributed by atoms with Gasteiger partial charge in [0.25, 0.3) is 0 Å². The molecule has 2 rings (SSSR count). The molecule has 1 amide bonds. The van der Waals surface area contributed by atoms with Gasteiger partial charge in [0, 0.05) is 9.75 Å². The molecule has 0 spiro atoms. The number of oxime groups is 1. The number of aryl methyl sites for hydroxylation is 1. The molecule has 1 aliphatic rings. The van der Waals surface area contributed by atoms with E-state index in [9.17, 15) is 4.79 Å². The van der Waals surface area contributed by atoms with E-state index in [4.69, 9.17) is 10.9 Å². The van der Waals surface area contributed by atoms with Crippen LogP contribution in [0.4, 0.5) is 0 Å². The summed E-state index contributed by atoms with van der Waals surface area (Å²) in [7, 11) is 0. The fourth-order valence-electron chi connectivity index (χ4n) is 1.74. The minimum atomic E-state index is -0.763. The summed E-state index contributed by atoms with van der Waals surface area (Å²) in [5, 5.41) is 14.4. The zero-order valence-corrected chi connectivity index (χ0v) is 10.4. The predicted molar refractivity (Wildman–Crippen MR) is 66.0 cm³/mol. The van der Waals surface area contributed by atoms with Gasteiger partial charge in [-0.05, 0) is 31.9 Å². The Morgan fingerprint density at radius 1 is 1.65 bits per heavy atom. The normalized spacial score (nSPS) is 17.8. The standard InChI is InChI=1S/C11H15N3O2S/c1-7-2-3-8(17-7)6-13-10(15)11(4-5-11)9(12)14-16/h2-3,16H,4-6H2,1H3,(H2,12,14)(H,13,15). The lowest BCUT2D eigenvalue weighted by atomic mass is 10.1. The molecule has 0 saturated heterocycles. The summed E-state index contributed by atoms with van der Waals surface area (Å²) in [4.78, 5) is 14.2. The van der Waals surface area contributed by atoms with Crippen LogP contribution in [0.15, 0.2) is 17.3 Å². The van der Waals surface area contributed by atoms with Crippen molar-refractivity contribution in [3.05, 3.63) is 21.9 Å². The molecular weight excluding hydrogens is 238 g/mol. The molecule has 4 N–H and O–H groups in total. The van der Waals surface area contributed by atoms with Crippen LogP contribution in [0.5, 0.6) is 0 Å². The monoisotopic (exact) mass is 253 g/mol. The van der Waals surface area contributed by atoms with Gasteiger partial charge >= 0.3 is 0 Å². The van der Waals surface area contributed by atoms with Crippen LogP contribution in [0.3, 0.4) is 0 Å². The van der Waals surface area contributed by atoms with E-state index in [1.54, 1.807) is 11.3 Å². The van der Waals surface area contributed by atoms with E-state index >= 15 is 0 Å². The largest absolute Gasteiger partial charge is 0.409 e. The number of nitrogens with two attached hydrogens (primary N) is 1. The van der Waals surface area contributed by atoms with E-state index in [0.717, 1.165) is 4.88 Å². The zero-order valence-electron chi connectivity index (χ0n) is 9.56. The van der Waals surface area contributed by atoms with Gasteiger partial charge in [-0.2, -0.15) is 0 Å². The molecule has 0 unspecified atom stereocenters. The van der Waals surface area contributed by atoms with Gasteiger partial charge in [-0.3, -0.25) is 4.79 Å². The van der Waals surface area contributed by atoms with Crippen LogP contribution in [0.2, 0.25) is 0 Å². The predicted octanol–water partition coefficient (Wildman–Crippen LogP) is 1.20. The molecule has 6 heteroatoms. The average molecular weight is 253 g/mol. The molecule has 1 fully saturated rings. The first kappa shape index (κ1) is 11.9. The van der Waals surface area contributed by atoms with Crippen LogP contribution in [-0.2, 0) is 11.3 Å². The number of carbonyl (C=O) groups excluding carboxylic acids is 1. The molecular formula is C11H15N3O2S. The second-order valence-electron chi connectivity index (χ2n) is 4.26. The highest BCUT2D eigenvalue weighted by atomic mass is 32.1. The summed E-state index contributed by atoms with van der Waals surface area (Å²) in [5.41, 5.74) is 4.77. The molecule has 0 atom stereocenters. The van der Waals surface area contributed by atoms with E-state index in [0.29, 0.717) is 19.4 Å². The lowest BCUT2D eigenvalue weighted by Crippen LogP contribution is -2.40. The third-order valence-corrected chi connectivity index (χ3v) is 4.00. The second-order valence-corrected chi connectivity index (χ2v) is 5.63. The van der Waals surface area contributed by atoms with Crippen molar-refractivity contribution < 1.29 is 10.0 Å². The fraction of sp³-hybridized carbons (Fsp3) is 0.455. The third-order valence-electron chi connectivity index (χ3n) is 3.00. The molecule has 5 nitrogen and oxygen atoms in total. The van der Waals surface area contributed by atoms with Gasteiger partial charge in [0.2, 0.25) is 5.91 Å². The molecule has 1 aromatic rings. The molecule has 92 valence electrons. The molecule has 0 radical (unpaired) electrons. The SMILES string of the molecule is Cc1ccc(CNC(=O)C2(/C(N)=N/O)CC2)s1. The summed E-state index contributed by atoms with van der Waals surface area (Å²) in [6.45, 7) is 2.52. The molecule has 17 heavy (non-hydrogen) atoms. The van der Waals surface area contributed by atoms with E-state index < -0.39 is 5.41 Å². The van der Waals surface area contributed by atoms with Crippen molar-refractivity contribution in [3.63, 3.8) is 0 Å². The number of hydrogen-bond acceptors (Lipinski definition) is 4. The number of amidine groups is 1. The van der Waals surface area contributed by atoms with Gasteiger partial charge in [0.05, 0.1) is 6.54 Å². The number of nitrogens with zero attached hydrogens (tertiary/aromatic N) is 1. The highest BCUT2D eigenvalue weighted by Gasteiger charge is 2.54. The Balaban J connectivity index is 1.94. The Bertz CT molecular complexity index is 463. The van der Waals surface area contributed by atoms with Gasteiger partial charge in [-0.15, -0.1) is 11.3 Å². The summed E-state index contributed by atoms with van der Waals surface area (Å²) in [5.74, 6) is -0.142. The Morgan fingerprint density at radius 3 is 2.82 bits per heavy atom. The molecule has 0 aromatic carbocycles. The quantitative estimate of drug-likeness (QED) is 0.326. The summed E-state index contributed by atoms with van der Waals surface area (Å²) >= 11 is 1.65. The topological polar surface area (TPSA) is 87.7 Å². The van der Waals surface area contributed by atoms with Crippen molar-refractivity contribution in [1.29, 1.82) is 0 Å². The smallest absolute Gasteiger partial charge is 0.234 e. The summed E-state index contributed by atoms with van der Waals surface area (Å²) in [6, 6.07) is 4.01. The highest BCUT2D eigenvalue weighted by molar-refractivity contribution is 7.11. The van der Waals surface area contributed by atoms with Crippen molar-refractivity contribution in [2.24, 2.45) is 16.3 Å². The Hall–Kier alpha value is -1.56. The molecule has 1 saturated carbocycles. The summed E-state index contributed by atoms with van der Waals surface area (Å²) < 4.78 is 0. The van der Waals surface area contributed by atoms with Crippen LogP contribution in [0.1, 0.15) is 22.6 Å².